The van der Waals surface area contributed by atoms with E-state index in [0.29, 0.717) is 6.04 Å². The summed E-state index contributed by atoms with van der Waals surface area (Å²) in [5, 5.41) is 3.92. The lowest BCUT2D eigenvalue weighted by Gasteiger charge is -2.36. The van der Waals surface area contributed by atoms with E-state index in [2.05, 4.69) is 38.0 Å². The molecule has 1 N–H and O–H groups in total. The Balaban J connectivity index is 1.82. The molecule has 0 spiro atoms. The molecule has 1 saturated carbocycles. The Hall–Kier alpha value is -0.0800. The molecule has 2 rings (SSSR count). The van der Waals surface area contributed by atoms with Crippen molar-refractivity contribution in [3.63, 3.8) is 0 Å². The smallest absolute Gasteiger partial charge is 0.00979 e. The highest BCUT2D eigenvalue weighted by atomic mass is 15.1. The Morgan fingerprint density at radius 3 is 2.53 bits per heavy atom. The SMILES string of the molecule is CC1CCC(NC(C)C2CCCN(C)C2)C1C. The molecule has 1 saturated heterocycles. The lowest BCUT2D eigenvalue weighted by atomic mass is 9.90. The van der Waals surface area contributed by atoms with Crippen LogP contribution in [-0.4, -0.2) is 37.1 Å². The predicted octanol–water partition coefficient (Wildman–Crippen LogP) is 2.74. The summed E-state index contributed by atoms with van der Waals surface area (Å²) in [6.45, 7) is 9.81. The number of piperidine rings is 1. The lowest BCUT2D eigenvalue weighted by molar-refractivity contribution is 0.168. The van der Waals surface area contributed by atoms with E-state index >= 15 is 0 Å². The van der Waals surface area contributed by atoms with Gasteiger partial charge in [0.1, 0.15) is 0 Å². The van der Waals surface area contributed by atoms with Crippen molar-refractivity contribution < 1.29 is 0 Å². The van der Waals surface area contributed by atoms with E-state index in [1.807, 2.05) is 0 Å². The first-order valence-corrected chi connectivity index (χ1v) is 7.52. The fourth-order valence-corrected chi connectivity index (χ4v) is 3.69. The third-order valence-electron chi connectivity index (χ3n) is 5.31. The summed E-state index contributed by atoms with van der Waals surface area (Å²) in [5.41, 5.74) is 0. The maximum Gasteiger partial charge on any atom is 0.00979 e. The van der Waals surface area contributed by atoms with Crippen LogP contribution in [0.15, 0.2) is 0 Å². The summed E-state index contributed by atoms with van der Waals surface area (Å²) in [6.07, 6.45) is 5.59. The van der Waals surface area contributed by atoms with E-state index < -0.39 is 0 Å². The van der Waals surface area contributed by atoms with Crippen molar-refractivity contribution >= 4 is 0 Å². The first-order valence-electron chi connectivity index (χ1n) is 7.52. The average Bonchev–Trinajstić information content (AvgIpc) is 2.61. The van der Waals surface area contributed by atoms with Gasteiger partial charge in [-0.05, 0) is 64.0 Å². The van der Waals surface area contributed by atoms with Crippen LogP contribution in [-0.2, 0) is 0 Å². The first-order chi connectivity index (χ1) is 8.08. The van der Waals surface area contributed by atoms with Gasteiger partial charge in [0.25, 0.3) is 0 Å². The van der Waals surface area contributed by atoms with Crippen LogP contribution in [0, 0.1) is 17.8 Å². The van der Waals surface area contributed by atoms with Crippen molar-refractivity contribution in [2.75, 3.05) is 20.1 Å². The van der Waals surface area contributed by atoms with Gasteiger partial charge in [-0.15, -0.1) is 0 Å². The minimum atomic E-state index is 0.690. The zero-order valence-electron chi connectivity index (χ0n) is 12.1. The number of nitrogens with one attached hydrogen (secondary N) is 1. The highest BCUT2D eigenvalue weighted by Crippen LogP contribution is 2.32. The molecule has 5 unspecified atom stereocenters. The van der Waals surface area contributed by atoms with Crippen LogP contribution in [0.4, 0.5) is 0 Å². The van der Waals surface area contributed by atoms with Crippen molar-refractivity contribution in [2.24, 2.45) is 17.8 Å². The highest BCUT2D eigenvalue weighted by molar-refractivity contribution is 4.89. The molecule has 1 aliphatic carbocycles. The maximum atomic E-state index is 3.92. The normalized spacial score (nSPS) is 41.6. The van der Waals surface area contributed by atoms with Gasteiger partial charge in [0.15, 0.2) is 0 Å². The van der Waals surface area contributed by atoms with Crippen LogP contribution in [0.3, 0.4) is 0 Å². The van der Waals surface area contributed by atoms with Crippen LogP contribution in [0.2, 0.25) is 0 Å². The molecule has 5 atom stereocenters. The fourth-order valence-electron chi connectivity index (χ4n) is 3.69. The molecular weight excluding hydrogens is 208 g/mol. The van der Waals surface area contributed by atoms with Gasteiger partial charge in [-0.3, -0.25) is 0 Å². The van der Waals surface area contributed by atoms with Gasteiger partial charge in [-0.25, -0.2) is 0 Å². The summed E-state index contributed by atoms with van der Waals surface area (Å²) in [5.74, 6) is 2.63. The highest BCUT2D eigenvalue weighted by Gasteiger charge is 2.32. The Morgan fingerprint density at radius 2 is 1.94 bits per heavy atom. The Bertz CT molecular complexity index is 241. The molecule has 2 fully saturated rings. The molecule has 1 aliphatic heterocycles. The maximum absolute atomic E-state index is 3.92. The van der Waals surface area contributed by atoms with E-state index in [1.54, 1.807) is 0 Å². The summed E-state index contributed by atoms with van der Waals surface area (Å²) >= 11 is 0. The number of rotatable bonds is 3. The molecule has 0 amide bonds. The second kappa shape index (κ2) is 5.71. The Morgan fingerprint density at radius 1 is 1.18 bits per heavy atom. The topological polar surface area (TPSA) is 15.3 Å². The van der Waals surface area contributed by atoms with Crippen molar-refractivity contribution in [1.82, 2.24) is 10.2 Å². The van der Waals surface area contributed by atoms with Gasteiger partial charge in [-0.1, -0.05) is 13.8 Å². The van der Waals surface area contributed by atoms with E-state index in [4.69, 9.17) is 0 Å². The number of likely N-dealkylation sites (tertiary alicyclic amines) is 1. The average molecular weight is 238 g/mol. The molecule has 0 bridgehead atoms. The van der Waals surface area contributed by atoms with E-state index in [1.165, 1.54) is 38.8 Å². The van der Waals surface area contributed by atoms with Gasteiger partial charge >= 0.3 is 0 Å². The molecule has 0 aromatic rings. The van der Waals surface area contributed by atoms with Crippen molar-refractivity contribution in [1.29, 1.82) is 0 Å². The lowest BCUT2D eigenvalue weighted by Crippen LogP contribution is -2.47. The summed E-state index contributed by atoms with van der Waals surface area (Å²) in [4.78, 5) is 2.49. The molecule has 1 heterocycles. The minimum Gasteiger partial charge on any atom is -0.311 e. The van der Waals surface area contributed by atoms with Crippen LogP contribution >= 0.6 is 0 Å². The summed E-state index contributed by atoms with van der Waals surface area (Å²) in [6, 6.07) is 1.46. The molecule has 0 aromatic carbocycles. The molecule has 2 aliphatic rings. The van der Waals surface area contributed by atoms with E-state index in [-0.39, 0.29) is 0 Å². The van der Waals surface area contributed by atoms with Crippen LogP contribution in [0.25, 0.3) is 0 Å². The van der Waals surface area contributed by atoms with Gasteiger partial charge in [0, 0.05) is 18.6 Å². The number of hydrogen-bond donors (Lipinski definition) is 1. The molecule has 2 heteroatoms. The standard InChI is InChI=1S/C15H30N2/c1-11-7-8-15(12(11)2)16-13(3)14-6-5-9-17(4)10-14/h11-16H,5-10H2,1-4H3. The van der Waals surface area contributed by atoms with Gasteiger partial charge in [0.2, 0.25) is 0 Å². The second-order valence-corrected chi connectivity index (χ2v) is 6.64. The molecule has 100 valence electrons. The predicted molar refractivity (Wildman–Crippen MR) is 74.2 cm³/mol. The second-order valence-electron chi connectivity index (χ2n) is 6.64. The first kappa shape index (κ1) is 13.4. The number of hydrogen-bond acceptors (Lipinski definition) is 2. The summed E-state index contributed by atoms with van der Waals surface area (Å²) in [7, 11) is 2.26. The summed E-state index contributed by atoms with van der Waals surface area (Å²) < 4.78 is 0. The zero-order chi connectivity index (χ0) is 12.4. The quantitative estimate of drug-likeness (QED) is 0.813. The van der Waals surface area contributed by atoms with Crippen LogP contribution in [0.1, 0.15) is 46.5 Å². The molecule has 17 heavy (non-hydrogen) atoms. The van der Waals surface area contributed by atoms with Gasteiger partial charge in [-0.2, -0.15) is 0 Å². The number of nitrogens with zero attached hydrogens (tertiary/aromatic N) is 1. The third-order valence-corrected chi connectivity index (χ3v) is 5.31. The fraction of sp³-hybridized carbons (Fsp3) is 1.00. The van der Waals surface area contributed by atoms with Gasteiger partial charge < -0.3 is 10.2 Å². The Labute approximate surface area is 107 Å². The molecule has 0 radical (unpaired) electrons. The van der Waals surface area contributed by atoms with E-state index in [9.17, 15) is 0 Å². The third kappa shape index (κ3) is 3.23. The minimum absolute atomic E-state index is 0.690. The zero-order valence-corrected chi connectivity index (χ0v) is 12.1. The van der Waals surface area contributed by atoms with Crippen LogP contribution in [0.5, 0.6) is 0 Å². The monoisotopic (exact) mass is 238 g/mol. The van der Waals surface area contributed by atoms with Crippen LogP contribution < -0.4 is 5.32 Å². The van der Waals surface area contributed by atoms with Crippen molar-refractivity contribution in [3.05, 3.63) is 0 Å². The van der Waals surface area contributed by atoms with E-state index in [0.717, 1.165) is 23.8 Å². The molecular formula is C15H30N2. The van der Waals surface area contributed by atoms with Crippen molar-refractivity contribution in [2.45, 2.75) is 58.5 Å². The largest absolute Gasteiger partial charge is 0.311 e. The van der Waals surface area contributed by atoms with Crippen molar-refractivity contribution in [3.8, 4) is 0 Å². The molecule has 2 nitrogen and oxygen atoms in total. The van der Waals surface area contributed by atoms with Gasteiger partial charge in [0.05, 0.1) is 0 Å². The molecule has 0 aromatic heterocycles. The Kier molecular flexibility index (Phi) is 4.48.